The summed E-state index contributed by atoms with van der Waals surface area (Å²) in [5.74, 6) is 0.277. The van der Waals surface area contributed by atoms with E-state index in [0.29, 0.717) is 17.4 Å². The van der Waals surface area contributed by atoms with Crippen LogP contribution in [0, 0.1) is 17.8 Å². The van der Waals surface area contributed by atoms with Crippen LogP contribution in [0.4, 0.5) is 0 Å². The summed E-state index contributed by atoms with van der Waals surface area (Å²) in [6, 6.07) is 7.23. The number of carboxylic acids is 1. The molecule has 0 aromatic heterocycles. The number of aromatic carboxylic acids is 1. The minimum atomic E-state index is -0.862. The van der Waals surface area contributed by atoms with Crippen molar-refractivity contribution < 1.29 is 14.7 Å². The van der Waals surface area contributed by atoms with Gasteiger partial charge in [0.15, 0.2) is 0 Å². The summed E-state index contributed by atoms with van der Waals surface area (Å²) in [6.07, 6.45) is 2.68. The molecule has 0 bridgehead atoms. The Kier molecular flexibility index (Phi) is 5.80. The molecule has 1 heterocycles. The van der Waals surface area contributed by atoms with Gasteiger partial charge in [-0.05, 0) is 42.7 Å². The first kappa shape index (κ1) is 17.5. The van der Waals surface area contributed by atoms with Crippen LogP contribution in [-0.4, -0.2) is 35.0 Å². The monoisotopic (exact) mass is 317 g/mol. The molecule has 1 atom stereocenters. The molecule has 1 N–H and O–H groups in total. The molecule has 0 saturated carbocycles. The number of benzene rings is 1. The maximum atomic E-state index is 12.4. The summed E-state index contributed by atoms with van der Waals surface area (Å²) < 4.78 is 0. The number of amides is 1. The van der Waals surface area contributed by atoms with E-state index in [1.165, 1.54) is 0 Å². The number of likely N-dealkylation sites (tertiary alicyclic amines) is 1. The molecule has 0 radical (unpaired) electrons. The van der Waals surface area contributed by atoms with Crippen molar-refractivity contribution in [1.29, 1.82) is 0 Å². The van der Waals surface area contributed by atoms with E-state index in [2.05, 4.69) is 13.8 Å². The topological polar surface area (TPSA) is 57.6 Å². The zero-order valence-electron chi connectivity index (χ0n) is 14.3. The molecule has 23 heavy (non-hydrogen) atoms. The van der Waals surface area contributed by atoms with Crippen molar-refractivity contribution in [2.24, 2.45) is 17.8 Å². The van der Waals surface area contributed by atoms with E-state index in [9.17, 15) is 14.7 Å². The van der Waals surface area contributed by atoms with Gasteiger partial charge in [0.05, 0.1) is 5.56 Å². The largest absolute Gasteiger partial charge is 0.478 e. The number of carbonyl (C=O) groups is 2. The van der Waals surface area contributed by atoms with Gasteiger partial charge < -0.3 is 10.0 Å². The third-order valence-electron chi connectivity index (χ3n) is 5.07. The SMILES string of the molecule is CC(C)C(C)C(=O)N1CCC(Cc2ccccc2C(=O)O)CC1. The van der Waals surface area contributed by atoms with E-state index in [-0.39, 0.29) is 11.8 Å². The van der Waals surface area contributed by atoms with Crippen molar-refractivity contribution in [3.05, 3.63) is 35.4 Å². The Morgan fingerprint density at radius 3 is 2.35 bits per heavy atom. The highest BCUT2D eigenvalue weighted by molar-refractivity contribution is 5.89. The van der Waals surface area contributed by atoms with Crippen molar-refractivity contribution in [1.82, 2.24) is 4.90 Å². The Bertz CT molecular complexity index is 559. The number of carboxylic acid groups (broad SMARTS) is 1. The lowest BCUT2D eigenvalue weighted by atomic mass is 9.87. The second-order valence-corrected chi connectivity index (χ2v) is 6.97. The predicted octanol–water partition coefficient (Wildman–Crippen LogP) is 3.46. The smallest absolute Gasteiger partial charge is 0.335 e. The van der Waals surface area contributed by atoms with Crippen LogP contribution in [0.1, 0.15) is 49.5 Å². The van der Waals surface area contributed by atoms with Crippen LogP contribution in [0.15, 0.2) is 24.3 Å². The second kappa shape index (κ2) is 7.62. The van der Waals surface area contributed by atoms with Crippen LogP contribution in [0.2, 0.25) is 0 Å². The molecule has 126 valence electrons. The first-order valence-corrected chi connectivity index (χ1v) is 8.50. The van der Waals surface area contributed by atoms with Gasteiger partial charge in [0, 0.05) is 19.0 Å². The molecule has 1 aromatic carbocycles. The van der Waals surface area contributed by atoms with Crippen LogP contribution in [0.5, 0.6) is 0 Å². The van der Waals surface area contributed by atoms with Crippen LogP contribution in [0.3, 0.4) is 0 Å². The molecule has 1 aliphatic rings. The highest BCUT2D eigenvalue weighted by Gasteiger charge is 2.27. The lowest BCUT2D eigenvalue weighted by Gasteiger charge is -2.34. The molecule has 0 spiro atoms. The average molecular weight is 317 g/mol. The van der Waals surface area contributed by atoms with Crippen molar-refractivity contribution >= 4 is 11.9 Å². The Morgan fingerprint density at radius 2 is 1.78 bits per heavy atom. The van der Waals surface area contributed by atoms with Gasteiger partial charge in [0.2, 0.25) is 5.91 Å². The number of hydrogen-bond donors (Lipinski definition) is 1. The number of rotatable bonds is 5. The van der Waals surface area contributed by atoms with Crippen molar-refractivity contribution in [3.8, 4) is 0 Å². The third kappa shape index (κ3) is 4.34. The highest BCUT2D eigenvalue weighted by atomic mass is 16.4. The standard InChI is InChI=1S/C19H27NO3/c1-13(2)14(3)18(21)20-10-8-15(9-11-20)12-16-6-4-5-7-17(16)19(22)23/h4-7,13-15H,8-12H2,1-3H3,(H,22,23). The van der Waals surface area contributed by atoms with E-state index < -0.39 is 5.97 Å². The van der Waals surface area contributed by atoms with E-state index in [1.807, 2.05) is 24.0 Å². The molecular weight excluding hydrogens is 290 g/mol. The Morgan fingerprint density at radius 1 is 1.17 bits per heavy atom. The summed E-state index contributed by atoms with van der Waals surface area (Å²) in [5.41, 5.74) is 1.31. The lowest BCUT2D eigenvalue weighted by Crippen LogP contribution is -2.42. The minimum Gasteiger partial charge on any atom is -0.478 e. The Balaban J connectivity index is 1.93. The Labute approximate surface area is 138 Å². The number of piperidine rings is 1. The zero-order chi connectivity index (χ0) is 17.0. The summed E-state index contributed by atoms with van der Waals surface area (Å²) in [6.45, 7) is 7.74. The summed E-state index contributed by atoms with van der Waals surface area (Å²) >= 11 is 0. The van der Waals surface area contributed by atoms with Gasteiger partial charge in [-0.1, -0.05) is 39.0 Å². The minimum absolute atomic E-state index is 0.0688. The van der Waals surface area contributed by atoms with Gasteiger partial charge in [-0.3, -0.25) is 4.79 Å². The summed E-state index contributed by atoms with van der Waals surface area (Å²) in [5, 5.41) is 9.27. The number of carbonyl (C=O) groups excluding carboxylic acids is 1. The third-order valence-corrected chi connectivity index (χ3v) is 5.07. The molecule has 1 unspecified atom stereocenters. The first-order valence-electron chi connectivity index (χ1n) is 8.50. The quantitative estimate of drug-likeness (QED) is 0.905. The van der Waals surface area contributed by atoms with Crippen LogP contribution < -0.4 is 0 Å². The fourth-order valence-electron chi connectivity index (χ4n) is 3.15. The van der Waals surface area contributed by atoms with Gasteiger partial charge >= 0.3 is 5.97 Å². The molecule has 1 aromatic rings. The average Bonchev–Trinajstić information content (AvgIpc) is 2.54. The fourth-order valence-corrected chi connectivity index (χ4v) is 3.15. The van der Waals surface area contributed by atoms with Gasteiger partial charge in [-0.15, -0.1) is 0 Å². The van der Waals surface area contributed by atoms with E-state index in [0.717, 1.165) is 37.9 Å². The van der Waals surface area contributed by atoms with Crippen LogP contribution >= 0.6 is 0 Å². The molecule has 0 aliphatic carbocycles. The maximum absolute atomic E-state index is 12.4. The number of hydrogen-bond acceptors (Lipinski definition) is 2. The predicted molar refractivity (Wildman–Crippen MR) is 90.4 cm³/mol. The van der Waals surface area contributed by atoms with Gasteiger partial charge in [-0.25, -0.2) is 4.79 Å². The highest BCUT2D eigenvalue weighted by Crippen LogP contribution is 2.25. The van der Waals surface area contributed by atoms with E-state index >= 15 is 0 Å². The Hall–Kier alpha value is -1.84. The zero-order valence-corrected chi connectivity index (χ0v) is 14.3. The van der Waals surface area contributed by atoms with Crippen molar-refractivity contribution in [2.75, 3.05) is 13.1 Å². The number of nitrogens with zero attached hydrogens (tertiary/aromatic N) is 1. The second-order valence-electron chi connectivity index (χ2n) is 6.97. The molecule has 1 saturated heterocycles. The summed E-state index contributed by atoms with van der Waals surface area (Å²) in [4.78, 5) is 25.7. The molecule has 4 heteroatoms. The summed E-state index contributed by atoms with van der Waals surface area (Å²) in [7, 11) is 0. The molecule has 1 aliphatic heterocycles. The van der Waals surface area contributed by atoms with Crippen LogP contribution in [0.25, 0.3) is 0 Å². The van der Waals surface area contributed by atoms with Crippen molar-refractivity contribution in [3.63, 3.8) is 0 Å². The van der Waals surface area contributed by atoms with Gasteiger partial charge in [-0.2, -0.15) is 0 Å². The van der Waals surface area contributed by atoms with Gasteiger partial charge in [0.1, 0.15) is 0 Å². The molecule has 4 nitrogen and oxygen atoms in total. The molecule has 1 amide bonds. The maximum Gasteiger partial charge on any atom is 0.335 e. The van der Waals surface area contributed by atoms with E-state index in [4.69, 9.17) is 0 Å². The molecule has 2 rings (SSSR count). The lowest BCUT2D eigenvalue weighted by molar-refractivity contribution is -0.137. The fraction of sp³-hybridized carbons (Fsp3) is 0.579. The van der Waals surface area contributed by atoms with E-state index in [1.54, 1.807) is 12.1 Å². The molecular formula is C19H27NO3. The molecule has 1 fully saturated rings. The van der Waals surface area contributed by atoms with Crippen LogP contribution in [-0.2, 0) is 11.2 Å². The normalized spacial score (nSPS) is 17.3. The first-order chi connectivity index (χ1) is 10.9. The van der Waals surface area contributed by atoms with Gasteiger partial charge in [0.25, 0.3) is 0 Å². The van der Waals surface area contributed by atoms with Crippen molar-refractivity contribution in [2.45, 2.75) is 40.0 Å².